The van der Waals surface area contributed by atoms with Gasteiger partial charge in [-0.05, 0) is 25.5 Å². The van der Waals surface area contributed by atoms with Gasteiger partial charge in [0.2, 0.25) is 0 Å². The molecule has 1 saturated heterocycles. The lowest BCUT2D eigenvalue weighted by atomic mass is 9.94. The quantitative estimate of drug-likeness (QED) is 0.719. The molecule has 4 nitrogen and oxygen atoms in total. The first kappa shape index (κ1) is 17.0. The van der Waals surface area contributed by atoms with Gasteiger partial charge in [-0.1, -0.05) is 48.5 Å². The van der Waals surface area contributed by atoms with Gasteiger partial charge in [-0.2, -0.15) is 0 Å². The number of para-hydroxylation sites is 1. The second-order valence-corrected chi connectivity index (χ2v) is 7.14. The summed E-state index contributed by atoms with van der Waals surface area (Å²) in [5.74, 6) is 0.134. The van der Waals surface area contributed by atoms with E-state index in [9.17, 15) is 4.79 Å². The number of H-pyrrole nitrogens is 1. The molecule has 0 radical (unpaired) electrons. The third kappa shape index (κ3) is 3.18. The summed E-state index contributed by atoms with van der Waals surface area (Å²) in [5.41, 5.74) is 2.77. The molecule has 134 valence electrons. The maximum absolute atomic E-state index is 13.6. The zero-order valence-electron chi connectivity index (χ0n) is 15.2. The Hall–Kier alpha value is -2.43. The van der Waals surface area contributed by atoms with E-state index >= 15 is 0 Å². The fourth-order valence-electron chi connectivity index (χ4n) is 4.01. The first-order chi connectivity index (χ1) is 12.6. The number of benzene rings is 2. The number of morpholine rings is 1. The van der Waals surface area contributed by atoms with E-state index in [0.29, 0.717) is 0 Å². The minimum Gasteiger partial charge on any atom is -0.373 e. The lowest BCUT2D eigenvalue weighted by Crippen LogP contribution is -2.48. The van der Waals surface area contributed by atoms with E-state index in [-0.39, 0.29) is 24.0 Å². The van der Waals surface area contributed by atoms with Gasteiger partial charge in [-0.25, -0.2) is 0 Å². The average molecular weight is 348 g/mol. The van der Waals surface area contributed by atoms with E-state index in [1.54, 1.807) is 0 Å². The van der Waals surface area contributed by atoms with Gasteiger partial charge in [0, 0.05) is 35.8 Å². The number of fused-ring (bicyclic) bond motifs is 1. The van der Waals surface area contributed by atoms with Gasteiger partial charge in [0.1, 0.15) is 0 Å². The Morgan fingerprint density at radius 1 is 1.04 bits per heavy atom. The Bertz CT molecular complexity index is 893. The Morgan fingerprint density at radius 2 is 1.69 bits per heavy atom. The molecule has 1 fully saturated rings. The van der Waals surface area contributed by atoms with Crippen molar-refractivity contribution >= 4 is 16.7 Å². The van der Waals surface area contributed by atoms with Crippen LogP contribution in [0, 0.1) is 0 Å². The van der Waals surface area contributed by atoms with E-state index < -0.39 is 0 Å². The largest absolute Gasteiger partial charge is 0.373 e. The normalized spacial score (nSPS) is 22.4. The average Bonchev–Trinajstić information content (AvgIpc) is 3.06. The summed E-state index contributed by atoms with van der Waals surface area (Å²) in [5, 5.41) is 0.979. The summed E-state index contributed by atoms with van der Waals surface area (Å²) < 4.78 is 5.88. The minimum absolute atomic E-state index is 0.112. The summed E-state index contributed by atoms with van der Waals surface area (Å²) in [6.45, 7) is 5.64. The van der Waals surface area contributed by atoms with Crippen LogP contribution < -0.4 is 0 Å². The van der Waals surface area contributed by atoms with Gasteiger partial charge in [0.05, 0.1) is 18.2 Å². The standard InChI is InChI=1S/C22H24N2O2/c1-15-13-24(14-16(2)26-15)21(17-8-4-3-5-9-17)22(25)19-12-23-20-11-7-6-10-18(19)20/h3-12,15-16,21,23H,13-14H2,1-2H3/t15-,16-,21-/m0/s1. The van der Waals surface area contributed by atoms with E-state index in [4.69, 9.17) is 4.74 Å². The summed E-state index contributed by atoms with van der Waals surface area (Å²) in [6, 6.07) is 17.7. The molecular weight excluding hydrogens is 324 g/mol. The highest BCUT2D eigenvalue weighted by molar-refractivity contribution is 6.10. The van der Waals surface area contributed by atoms with Crippen LogP contribution in [0.5, 0.6) is 0 Å². The van der Waals surface area contributed by atoms with Gasteiger partial charge in [0.15, 0.2) is 5.78 Å². The zero-order valence-corrected chi connectivity index (χ0v) is 15.2. The van der Waals surface area contributed by atoms with Crippen LogP contribution in [-0.4, -0.2) is 41.0 Å². The number of hydrogen-bond donors (Lipinski definition) is 1. The van der Waals surface area contributed by atoms with Crippen molar-refractivity contribution in [3.63, 3.8) is 0 Å². The first-order valence-corrected chi connectivity index (χ1v) is 9.18. The smallest absolute Gasteiger partial charge is 0.186 e. The maximum Gasteiger partial charge on any atom is 0.186 e. The highest BCUT2D eigenvalue weighted by Crippen LogP contribution is 2.31. The topological polar surface area (TPSA) is 45.3 Å². The predicted molar refractivity (Wildman–Crippen MR) is 103 cm³/mol. The van der Waals surface area contributed by atoms with Crippen molar-refractivity contribution in [2.24, 2.45) is 0 Å². The molecule has 3 atom stereocenters. The van der Waals surface area contributed by atoms with Crippen LogP contribution in [0.3, 0.4) is 0 Å². The first-order valence-electron chi connectivity index (χ1n) is 9.18. The Morgan fingerprint density at radius 3 is 2.42 bits per heavy atom. The second-order valence-electron chi connectivity index (χ2n) is 7.14. The van der Waals surface area contributed by atoms with E-state index in [1.807, 2.05) is 60.8 Å². The van der Waals surface area contributed by atoms with Crippen LogP contribution in [0.4, 0.5) is 0 Å². The summed E-state index contributed by atoms with van der Waals surface area (Å²) in [6.07, 6.45) is 2.07. The fraction of sp³-hybridized carbons (Fsp3) is 0.318. The zero-order chi connectivity index (χ0) is 18.1. The number of Topliss-reactive ketones (excluding diaryl/α,β-unsaturated/α-hetero) is 1. The molecule has 0 bridgehead atoms. The third-order valence-electron chi connectivity index (χ3n) is 5.03. The van der Waals surface area contributed by atoms with E-state index in [1.165, 1.54) is 0 Å². The molecule has 0 spiro atoms. The Labute approximate surface area is 153 Å². The number of nitrogens with one attached hydrogen (secondary N) is 1. The van der Waals surface area contributed by atoms with Crippen molar-refractivity contribution in [2.75, 3.05) is 13.1 Å². The molecule has 0 saturated carbocycles. The molecule has 3 aromatic rings. The van der Waals surface area contributed by atoms with Crippen LogP contribution in [-0.2, 0) is 4.74 Å². The van der Waals surface area contributed by atoms with Crippen LogP contribution in [0.2, 0.25) is 0 Å². The number of hydrogen-bond acceptors (Lipinski definition) is 3. The number of aromatic nitrogens is 1. The molecule has 4 rings (SSSR count). The lowest BCUT2D eigenvalue weighted by molar-refractivity contribution is -0.0766. The van der Waals surface area contributed by atoms with Gasteiger partial charge in [-0.3, -0.25) is 9.69 Å². The summed E-state index contributed by atoms with van der Waals surface area (Å²) >= 11 is 0. The Kier molecular flexibility index (Phi) is 4.62. The number of nitrogens with zero attached hydrogens (tertiary/aromatic N) is 1. The van der Waals surface area contributed by atoms with E-state index in [2.05, 4.69) is 23.7 Å². The molecule has 0 amide bonds. The summed E-state index contributed by atoms with van der Waals surface area (Å²) in [4.78, 5) is 19.1. The highest BCUT2D eigenvalue weighted by Gasteiger charge is 2.34. The van der Waals surface area contributed by atoms with Gasteiger partial charge >= 0.3 is 0 Å². The molecule has 1 aromatic heterocycles. The summed E-state index contributed by atoms with van der Waals surface area (Å²) in [7, 11) is 0. The molecule has 4 heteroatoms. The number of aromatic amines is 1. The lowest BCUT2D eigenvalue weighted by Gasteiger charge is -2.39. The maximum atomic E-state index is 13.6. The van der Waals surface area contributed by atoms with E-state index in [0.717, 1.165) is 35.1 Å². The third-order valence-corrected chi connectivity index (χ3v) is 5.03. The predicted octanol–water partition coefficient (Wildman–Crippen LogP) is 4.20. The van der Waals surface area contributed by atoms with Gasteiger partial charge in [-0.15, -0.1) is 0 Å². The van der Waals surface area contributed by atoms with Crippen LogP contribution in [0.15, 0.2) is 60.8 Å². The molecule has 26 heavy (non-hydrogen) atoms. The molecule has 0 unspecified atom stereocenters. The van der Waals surface area contributed by atoms with Crippen LogP contribution in [0.25, 0.3) is 10.9 Å². The molecule has 0 aliphatic carbocycles. The van der Waals surface area contributed by atoms with Crippen molar-refractivity contribution < 1.29 is 9.53 Å². The number of carbonyl (C=O) groups is 1. The molecule has 1 aliphatic heterocycles. The van der Waals surface area contributed by atoms with Crippen molar-refractivity contribution in [3.8, 4) is 0 Å². The number of carbonyl (C=O) groups excluding carboxylic acids is 1. The van der Waals surface area contributed by atoms with Crippen molar-refractivity contribution in [3.05, 3.63) is 71.9 Å². The molecule has 1 N–H and O–H groups in total. The van der Waals surface area contributed by atoms with Crippen LogP contribution in [0.1, 0.15) is 35.8 Å². The molecular formula is C22H24N2O2. The molecule has 2 aromatic carbocycles. The Balaban J connectivity index is 1.76. The van der Waals surface area contributed by atoms with Gasteiger partial charge < -0.3 is 9.72 Å². The number of rotatable bonds is 4. The van der Waals surface area contributed by atoms with Crippen molar-refractivity contribution in [1.29, 1.82) is 0 Å². The van der Waals surface area contributed by atoms with Gasteiger partial charge in [0.25, 0.3) is 0 Å². The second kappa shape index (κ2) is 7.06. The monoisotopic (exact) mass is 348 g/mol. The molecule has 2 heterocycles. The SMILES string of the molecule is C[C@H]1CN([C@H](C(=O)c2c[nH]c3ccccc23)c2ccccc2)C[C@H](C)O1. The van der Waals surface area contributed by atoms with Crippen LogP contribution >= 0.6 is 0 Å². The van der Waals surface area contributed by atoms with Crippen molar-refractivity contribution in [1.82, 2.24) is 9.88 Å². The number of ketones is 1. The number of ether oxygens (including phenoxy) is 1. The minimum atomic E-state index is -0.302. The fourth-order valence-corrected chi connectivity index (χ4v) is 4.01. The molecule has 1 aliphatic rings. The highest BCUT2D eigenvalue weighted by atomic mass is 16.5. The van der Waals surface area contributed by atoms with Crippen molar-refractivity contribution in [2.45, 2.75) is 32.1 Å².